The van der Waals surface area contributed by atoms with Crippen LogP contribution in [0.15, 0.2) is 12.1 Å². The minimum absolute atomic E-state index is 0.141. The molecule has 1 aliphatic carbocycles. The molecule has 2 unspecified atom stereocenters. The Morgan fingerprint density at radius 1 is 1.38 bits per heavy atom. The van der Waals surface area contributed by atoms with Gasteiger partial charge in [-0.25, -0.2) is 9.37 Å². The Kier molecular flexibility index (Phi) is 4.41. The summed E-state index contributed by atoms with van der Waals surface area (Å²) in [5, 5.41) is 0.141. The van der Waals surface area contributed by atoms with Crippen molar-refractivity contribution < 1.29 is 4.39 Å². The first-order valence-corrected chi connectivity index (χ1v) is 8.40. The third kappa shape index (κ3) is 3.04. The van der Waals surface area contributed by atoms with E-state index < -0.39 is 5.82 Å². The lowest BCUT2D eigenvalue weighted by Gasteiger charge is -2.27. The molecule has 2 aromatic rings. The fraction of sp³-hybridized carbons (Fsp3) is 0.562. The first-order valence-electron chi connectivity index (χ1n) is 7.48. The minimum Gasteiger partial charge on any atom is -0.327 e. The second kappa shape index (κ2) is 6.13. The topological polar surface area (TPSA) is 17.8 Å². The second-order valence-electron chi connectivity index (χ2n) is 6.17. The first-order chi connectivity index (χ1) is 10.1. The van der Waals surface area contributed by atoms with Gasteiger partial charge in [0.25, 0.3) is 0 Å². The number of alkyl halides is 1. The van der Waals surface area contributed by atoms with Crippen molar-refractivity contribution in [2.24, 2.45) is 11.8 Å². The molecule has 0 aliphatic heterocycles. The average molecular weight is 329 g/mol. The molecule has 1 saturated carbocycles. The third-order valence-electron chi connectivity index (χ3n) is 4.47. The highest BCUT2D eigenvalue weighted by molar-refractivity contribution is 6.31. The summed E-state index contributed by atoms with van der Waals surface area (Å²) in [6.45, 7) is 3.21. The van der Waals surface area contributed by atoms with Crippen molar-refractivity contribution in [3.8, 4) is 0 Å². The molecule has 0 N–H and O–H groups in total. The van der Waals surface area contributed by atoms with E-state index in [4.69, 9.17) is 23.2 Å². The maximum absolute atomic E-state index is 13.6. The van der Waals surface area contributed by atoms with E-state index in [9.17, 15) is 4.39 Å². The number of hydrogen-bond donors (Lipinski definition) is 0. The normalized spacial score (nSPS) is 22.9. The van der Waals surface area contributed by atoms with E-state index in [0.29, 0.717) is 17.3 Å². The van der Waals surface area contributed by atoms with Crippen molar-refractivity contribution in [2.75, 3.05) is 0 Å². The number of aromatic nitrogens is 2. The Bertz CT molecular complexity index is 653. The molecule has 2 atom stereocenters. The van der Waals surface area contributed by atoms with Crippen LogP contribution in [-0.4, -0.2) is 9.55 Å². The molecule has 1 aromatic heterocycles. The summed E-state index contributed by atoms with van der Waals surface area (Å²) in [6.07, 6.45) is 5.07. The van der Waals surface area contributed by atoms with Gasteiger partial charge in [0.15, 0.2) is 0 Å². The molecule has 0 saturated heterocycles. The monoisotopic (exact) mass is 328 g/mol. The lowest BCUT2D eigenvalue weighted by Crippen LogP contribution is -2.19. The largest absolute Gasteiger partial charge is 0.327 e. The van der Waals surface area contributed by atoms with Crippen LogP contribution in [0.1, 0.15) is 38.4 Å². The van der Waals surface area contributed by atoms with Gasteiger partial charge in [0.1, 0.15) is 11.6 Å². The van der Waals surface area contributed by atoms with E-state index in [1.54, 1.807) is 6.07 Å². The molecule has 5 heteroatoms. The summed E-state index contributed by atoms with van der Waals surface area (Å²) in [7, 11) is 0. The minimum atomic E-state index is -0.429. The van der Waals surface area contributed by atoms with E-state index in [0.717, 1.165) is 23.8 Å². The highest BCUT2D eigenvalue weighted by Gasteiger charge is 2.22. The summed E-state index contributed by atoms with van der Waals surface area (Å²) in [6, 6.07) is 3.06. The lowest BCUT2D eigenvalue weighted by atomic mass is 9.82. The van der Waals surface area contributed by atoms with Crippen molar-refractivity contribution in [1.82, 2.24) is 9.55 Å². The van der Waals surface area contributed by atoms with Gasteiger partial charge in [-0.1, -0.05) is 31.4 Å². The number of imidazole rings is 1. The zero-order valence-corrected chi connectivity index (χ0v) is 13.6. The number of benzene rings is 1. The fourth-order valence-electron chi connectivity index (χ4n) is 3.46. The van der Waals surface area contributed by atoms with Gasteiger partial charge in [-0.05, 0) is 30.7 Å². The third-order valence-corrected chi connectivity index (χ3v) is 5.00. The Hall–Kier alpha value is -0.800. The molecule has 1 aliphatic rings. The Balaban J connectivity index is 1.97. The van der Waals surface area contributed by atoms with Crippen LogP contribution in [0.2, 0.25) is 5.02 Å². The van der Waals surface area contributed by atoms with Crippen molar-refractivity contribution in [2.45, 2.75) is 45.0 Å². The maximum Gasteiger partial charge on any atom is 0.144 e. The van der Waals surface area contributed by atoms with Gasteiger partial charge < -0.3 is 4.57 Å². The molecule has 2 nitrogen and oxygen atoms in total. The van der Waals surface area contributed by atoms with E-state index >= 15 is 0 Å². The van der Waals surface area contributed by atoms with Crippen LogP contribution in [0.3, 0.4) is 0 Å². The summed E-state index contributed by atoms with van der Waals surface area (Å²) in [4.78, 5) is 4.45. The van der Waals surface area contributed by atoms with Crippen LogP contribution in [-0.2, 0) is 12.4 Å². The molecule has 3 rings (SSSR count). The number of fused-ring (bicyclic) bond motifs is 1. The first kappa shape index (κ1) is 15.1. The van der Waals surface area contributed by atoms with Gasteiger partial charge >= 0.3 is 0 Å². The van der Waals surface area contributed by atoms with Crippen molar-refractivity contribution in [3.63, 3.8) is 0 Å². The highest BCUT2D eigenvalue weighted by Crippen LogP contribution is 2.32. The maximum atomic E-state index is 13.6. The number of hydrogen-bond acceptors (Lipinski definition) is 1. The molecule has 0 amide bonds. The second-order valence-corrected chi connectivity index (χ2v) is 6.84. The van der Waals surface area contributed by atoms with Crippen molar-refractivity contribution in [3.05, 3.63) is 28.8 Å². The predicted octanol–water partition coefficient (Wildman–Crippen LogP) is 5.39. The van der Waals surface area contributed by atoms with Crippen LogP contribution < -0.4 is 0 Å². The van der Waals surface area contributed by atoms with Gasteiger partial charge in [-0.2, -0.15) is 0 Å². The zero-order chi connectivity index (χ0) is 15.0. The van der Waals surface area contributed by atoms with E-state index in [-0.39, 0.29) is 5.02 Å². The Morgan fingerprint density at radius 3 is 2.90 bits per heavy atom. The molecule has 1 fully saturated rings. The Labute approximate surface area is 134 Å². The van der Waals surface area contributed by atoms with Crippen LogP contribution in [0, 0.1) is 17.7 Å². The van der Waals surface area contributed by atoms with Crippen molar-refractivity contribution >= 4 is 34.2 Å². The van der Waals surface area contributed by atoms with Gasteiger partial charge in [0.2, 0.25) is 0 Å². The number of nitrogens with zero attached hydrogens (tertiary/aromatic N) is 2. The summed E-state index contributed by atoms with van der Waals surface area (Å²) >= 11 is 11.9. The molecule has 0 radical (unpaired) electrons. The van der Waals surface area contributed by atoms with Gasteiger partial charge in [-0.15, -0.1) is 11.6 Å². The predicted molar refractivity (Wildman–Crippen MR) is 85.4 cm³/mol. The van der Waals surface area contributed by atoms with Gasteiger partial charge in [0, 0.05) is 12.6 Å². The van der Waals surface area contributed by atoms with Gasteiger partial charge in [-0.3, -0.25) is 0 Å². The van der Waals surface area contributed by atoms with E-state index in [1.165, 1.54) is 31.7 Å². The average Bonchev–Trinajstić information content (AvgIpc) is 2.77. The molecule has 114 valence electrons. The highest BCUT2D eigenvalue weighted by atomic mass is 35.5. The lowest BCUT2D eigenvalue weighted by molar-refractivity contribution is 0.257. The molecule has 1 aromatic carbocycles. The van der Waals surface area contributed by atoms with Gasteiger partial charge in [0.05, 0.1) is 21.9 Å². The molecule has 0 bridgehead atoms. The smallest absolute Gasteiger partial charge is 0.144 e. The molecular formula is C16H19Cl2FN2. The SMILES string of the molecule is CC1CCCC(Cn2c(CCl)nc3cc(F)c(Cl)cc32)C1. The van der Waals surface area contributed by atoms with Crippen molar-refractivity contribution in [1.29, 1.82) is 0 Å². The van der Waals surface area contributed by atoms with Crippen LogP contribution >= 0.6 is 23.2 Å². The number of rotatable bonds is 3. The van der Waals surface area contributed by atoms with E-state index in [2.05, 4.69) is 16.5 Å². The quantitative estimate of drug-likeness (QED) is 0.690. The standard InChI is InChI=1S/C16H19Cl2FN2/c1-10-3-2-4-11(5-10)9-21-15-6-12(18)13(19)7-14(15)20-16(21)8-17/h6-7,10-11H,2-5,8-9H2,1H3. The number of halogens is 3. The molecule has 1 heterocycles. The van der Waals surface area contributed by atoms with E-state index in [1.807, 2.05) is 0 Å². The Morgan fingerprint density at radius 2 is 2.19 bits per heavy atom. The van der Waals surface area contributed by atoms with Crippen LogP contribution in [0.25, 0.3) is 11.0 Å². The molecule has 0 spiro atoms. The fourth-order valence-corrected chi connectivity index (χ4v) is 3.82. The molecular weight excluding hydrogens is 310 g/mol. The zero-order valence-electron chi connectivity index (χ0n) is 12.1. The summed E-state index contributed by atoms with van der Waals surface area (Å²) < 4.78 is 15.7. The van der Waals surface area contributed by atoms with Crippen LogP contribution in [0.4, 0.5) is 4.39 Å². The molecule has 21 heavy (non-hydrogen) atoms. The summed E-state index contributed by atoms with van der Waals surface area (Å²) in [5.41, 5.74) is 1.52. The van der Waals surface area contributed by atoms with Crippen LogP contribution in [0.5, 0.6) is 0 Å². The summed E-state index contributed by atoms with van der Waals surface area (Å²) in [5.74, 6) is 2.11.